The molecule has 0 unspecified atom stereocenters. The number of carbonyl (C=O) groups is 1. The van der Waals surface area contributed by atoms with Crippen LogP contribution in [0.4, 0.5) is 10.5 Å². The van der Waals surface area contributed by atoms with E-state index >= 15 is 0 Å². The summed E-state index contributed by atoms with van der Waals surface area (Å²) in [7, 11) is 0.925. The van der Waals surface area contributed by atoms with Gasteiger partial charge in [0.25, 0.3) is 10.0 Å². The van der Waals surface area contributed by atoms with Crippen molar-refractivity contribution in [2.45, 2.75) is 24.9 Å². The lowest BCUT2D eigenvalue weighted by atomic mass is 10.1. The van der Waals surface area contributed by atoms with E-state index < -0.39 is 10.0 Å². The molecule has 0 aliphatic heterocycles. The lowest BCUT2D eigenvalue weighted by Crippen LogP contribution is -2.28. The van der Waals surface area contributed by atoms with Gasteiger partial charge in [-0.2, -0.15) is 0 Å². The molecule has 0 radical (unpaired) electrons. The molecule has 2 aromatic rings. The summed E-state index contributed by atoms with van der Waals surface area (Å²) in [5.41, 5.74) is 2.68. The van der Waals surface area contributed by atoms with E-state index in [2.05, 4.69) is 41.6 Å². The van der Waals surface area contributed by atoms with Gasteiger partial charge in [-0.1, -0.05) is 35.7 Å². The third-order valence-electron chi connectivity index (χ3n) is 4.44. The van der Waals surface area contributed by atoms with Gasteiger partial charge in [0.2, 0.25) is 0 Å². The largest absolute Gasteiger partial charge is 0.334 e. The third-order valence-corrected chi connectivity index (χ3v) is 6.14. The van der Waals surface area contributed by atoms with Gasteiger partial charge >= 0.3 is 6.03 Å². The van der Waals surface area contributed by atoms with Crippen LogP contribution in [0.25, 0.3) is 0 Å². The third kappa shape index (κ3) is 6.53. The smallest absolute Gasteiger partial charge is 0.319 e. The minimum atomic E-state index is -3.72. The van der Waals surface area contributed by atoms with Crippen molar-refractivity contribution in [1.29, 1.82) is 0 Å². The van der Waals surface area contributed by atoms with Crippen LogP contribution < -0.4 is 10.6 Å². The first kappa shape index (κ1) is 22.8. The Balaban J connectivity index is 1.92. The molecule has 0 bridgehead atoms. The van der Waals surface area contributed by atoms with Crippen molar-refractivity contribution in [3.8, 4) is 0 Å². The van der Waals surface area contributed by atoms with E-state index in [4.69, 9.17) is 4.84 Å². The van der Waals surface area contributed by atoms with Gasteiger partial charge in [-0.25, -0.2) is 13.2 Å². The summed E-state index contributed by atoms with van der Waals surface area (Å²) in [5.74, 6) is 0. The monoisotopic (exact) mass is 420 g/mol. The van der Waals surface area contributed by atoms with Crippen molar-refractivity contribution >= 4 is 21.7 Å². The number of hydrogen-bond donors (Lipinski definition) is 2. The number of amides is 2. The lowest BCUT2D eigenvalue weighted by molar-refractivity contribution is -0.0258. The highest BCUT2D eigenvalue weighted by Crippen LogP contribution is 2.17. The molecule has 9 heteroatoms. The number of benzene rings is 2. The van der Waals surface area contributed by atoms with Gasteiger partial charge in [-0.3, -0.25) is 4.84 Å². The number of nitrogens with one attached hydrogen (secondary N) is 2. The van der Waals surface area contributed by atoms with Crippen LogP contribution in [0.3, 0.4) is 0 Å². The van der Waals surface area contributed by atoms with Gasteiger partial charge in [0.15, 0.2) is 0 Å². The number of sulfonamides is 1. The summed E-state index contributed by atoms with van der Waals surface area (Å²) in [6.07, 6.45) is 0. The molecule has 0 spiro atoms. The van der Waals surface area contributed by atoms with Crippen molar-refractivity contribution in [2.75, 3.05) is 33.1 Å². The van der Waals surface area contributed by atoms with Gasteiger partial charge in [-0.05, 0) is 49.0 Å². The molecule has 8 nitrogen and oxygen atoms in total. The van der Waals surface area contributed by atoms with Crippen LogP contribution in [-0.2, 0) is 28.0 Å². The summed E-state index contributed by atoms with van der Waals surface area (Å²) in [6.45, 7) is 4.31. The van der Waals surface area contributed by atoms with Crippen LogP contribution in [-0.4, -0.2) is 51.6 Å². The fourth-order valence-electron chi connectivity index (χ4n) is 2.58. The zero-order valence-corrected chi connectivity index (χ0v) is 18.0. The average Bonchev–Trinajstić information content (AvgIpc) is 2.72. The highest BCUT2D eigenvalue weighted by atomic mass is 32.2. The van der Waals surface area contributed by atoms with Gasteiger partial charge in [0, 0.05) is 25.8 Å². The van der Waals surface area contributed by atoms with Crippen LogP contribution in [0.1, 0.15) is 18.1 Å². The van der Waals surface area contributed by atoms with E-state index in [0.29, 0.717) is 12.2 Å². The molecule has 0 fully saturated rings. The predicted octanol–water partition coefficient (Wildman–Crippen LogP) is 2.64. The van der Waals surface area contributed by atoms with E-state index in [9.17, 15) is 13.2 Å². The molecule has 0 saturated heterocycles. The Morgan fingerprint density at radius 2 is 1.72 bits per heavy atom. The van der Waals surface area contributed by atoms with Crippen molar-refractivity contribution in [3.63, 3.8) is 0 Å². The molecule has 0 aromatic heterocycles. The van der Waals surface area contributed by atoms with Crippen LogP contribution in [0.2, 0.25) is 0 Å². The Bertz CT molecular complexity index is 916. The Labute approximate surface area is 172 Å². The van der Waals surface area contributed by atoms with E-state index in [1.54, 1.807) is 0 Å². The molecule has 158 valence electrons. The van der Waals surface area contributed by atoms with Crippen LogP contribution in [0, 0.1) is 0 Å². The van der Waals surface area contributed by atoms with E-state index in [1.807, 2.05) is 12.1 Å². The maximum Gasteiger partial charge on any atom is 0.319 e. The standard InChI is InChI=1S/C20H28N4O4S/c1-5-23(2)15-17-8-6-7-16(13-17)14-21-20(25)22-18-9-11-19(12-10-18)29(26,27)24(3)28-4/h6-13H,5,14-15H2,1-4H3,(H2,21,22,25). The van der Waals surface area contributed by atoms with Gasteiger partial charge in [0.05, 0.1) is 12.0 Å². The minimum Gasteiger partial charge on any atom is -0.334 e. The average molecular weight is 421 g/mol. The zero-order chi connectivity index (χ0) is 21.4. The normalized spacial score (nSPS) is 11.7. The second-order valence-electron chi connectivity index (χ2n) is 6.58. The van der Waals surface area contributed by atoms with Crippen molar-refractivity contribution in [1.82, 2.24) is 14.7 Å². The molecule has 2 rings (SSSR count). The Morgan fingerprint density at radius 3 is 2.34 bits per heavy atom. The summed E-state index contributed by atoms with van der Waals surface area (Å²) in [6, 6.07) is 13.6. The van der Waals surface area contributed by atoms with Crippen molar-refractivity contribution in [3.05, 3.63) is 59.7 Å². The van der Waals surface area contributed by atoms with E-state index in [0.717, 1.165) is 23.1 Å². The number of hydroxylamine groups is 1. The Hall–Kier alpha value is -2.46. The number of anilines is 1. The van der Waals surface area contributed by atoms with Crippen LogP contribution in [0.5, 0.6) is 0 Å². The summed E-state index contributed by atoms with van der Waals surface area (Å²) in [4.78, 5) is 19.2. The second kappa shape index (κ2) is 10.4. The summed E-state index contributed by atoms with van der Waals surface area (Å²) < 4.78 is 25.1. The number of urea groups is 1. The van der Waals surface area contributed by atoms with Gasteiger partial charge < -0.3 is 15.5 Å². The Morgan fingerprint density at radius 1 is 1.07 bits per heavy atom. The Kier molecular flexibility index (Phi) is 8.15. The highest BCUT2D eigenvalue weighted by Gasteiger charge is 2.20. The minimum absolute atomic E-state index is 0.0710. The molecule has 0 aliphatic rings. The van der Waals surface area contributed by atoms with Crippen molar-refractivity contribution < 1.29 is 18.0 Å². The van der Waals surface area contributed by atoms with Crippen molar-refractivity contribution in [2.24, 2.45) is 0 Å². The molecule has 0 aliphatic carbocycles. The summed E-state index contributed by atoms with van der Waals surface area (Å²) in [5, 5.41) is 5.50. The van der Waals surface area contributed by atoms with E-state index in [1.165, 1.54) is 44.0 Å². The molecular formula is C20H28N4O4S. The zero-order valence-electron chi connectivity index (χ0n) is 17.2. The fraction of sp³-hybridized carbons (Fsp3) is 0.350. The van der Waals surface area contributed by atoms with Crippen LogP contribution >= 0.6 is 0 Å². The first-order valence-electron chi connectivity index (χ1n) is 9.20. The number of rotatable bonds is 9. The quantitative estimate of drug-likeness (QED) is 0.609. The molecule has 0 saturated carbocycles. The number of hydrogen-bond acceptors (Lipinski definition) is 5. The second-order valence-corrected chi connectivity index (χ2v) is 8.52. The van der Waals surface area contributed by atoms with Gasteiger partial charge in [-0.15, -0.1) is 0 Å². The number of carbonyl (C=O) groups excluding carboxylic acids is 1. The molecule has 29 heavy (non-hydrogen) atoms. The lowest BCUT2D eigenvalue weighted by Gasteiger charge is -2.15. The molecule has 0 atom stereocenters. The van der Waals surface area contributed by atoms with Crippen LogP contribution in [0.15, 0.2) is 53.4 Å². The van der Waals surface area contributed by atoms with E-state index in [-0.39, 0.29) is 10.9 Å². The van der Waals surface area contributed by atoms with Gasteiger partial charge in [0.1, 0.15) is 0 Å². The first-order chi connectivity index (χ1) is 13.8. The maximum atomic E-state index is 12.2. The highest BCUT2D eigenvalue weighted by molar-refractivity contribution is 7.89. The molecule has 0 heterocycles. The number of nitrogens with zero attached hydrogens (tertiary/aromatic N) is 2. The SMILES string of the molecule is CCN(C)Cc1cccc(CNC(=O)Nc2ccc(S(=O)(=O)N(C)OC)cc2)c1. The molecular weight excluding hydrogens is 392 g/mol. The molecule has 2 N–H and O–H groups in total. The fourth-order valence-corrected chi connectivity index (χ4v) is 3.55. The predicted molar refractivity (Wildman–Crippen MR) is 113 cm³/mol. The summed E-state index contributed by atoms with van der Waals surface area (Å²) >= 11 is 0. The maximum absolute atomic E-state index is 12.2. The molecule has 2 aromatic carbocycles. The first-order valence-corrected chi connectivity index (χ1v) is 10.6. The molecule has 2 amide bonds. The topological polar surface area (TPSA) is 91.0 Å².